The van der Waals surface area contributed by atoms with Gasteiger partial charge in [-0.25, -0.2) is 4.98 Å². The molecule has 1 heterocycles. The molecule has 2 aromatic rings. The van der Waals surface area contributed by atoms with E-state index in [2.05, 4.69) is 9.72 Å². The Bertz CT molecular complexity index is 607. The zero-order valence-corrected chi connectivity index (χ0v) is 10.9. The number of halogens is 3. The average Bonchev–Trinajstić information content (AvgIpc) is 2.78. The molecule has 0 fully saturated rings. The van der Waals surface area contributed by atoms with Crippen molar-refractivity contribution in [3.63, 3.8) is 0 Å². The molecule has 2 rings (SSSR count). The number of nitrogens with zero attached hydrogens (tertiary/aromatic N) is 2. The summed E-state index contributed by atoms with van der Waals surface area (Å²) in [5.41, 5.74) is 6.28. The van der Waals surface area contributed by atoms with Crippen molar-refractivity contribution in [1.29, 1.82) is 0 Å². The molecule has 0 radical (unpaired) electrons. The first-order valence-corrected chi connectivity index (χ1v) is 5.91. The Kier molecular flexibility index (Phi) is 3.93. The van der Waals surface area contributed by atoms with Crippen LogP contribution < -0.4 is 10.5 Å². The molecule has 0 aliphatic rings. The fraction of sp³-hybridized carbons (Fsp3) is 0.167. The van der Waals surface area contributed by atoms with E-state index in [0.29, 0.717) is 12.4 Å². The average molecular weight is 301 g/mol. The minimum atomic E-state index is -4.69. The summed E-state index contributed by atoms with van der Waals surface area (Å²) >= 11 is 4.85. The van der Waals surface area contributed by atoms with Crippen molar-refractivity contribution >= 4 is 17.2 Å². The van der Waals surface area contributed by atoms with Crippen LogP contribution in [0.25, 0.3) is 0 Å². The zero-order chi connectivity index (χ0) is 14.8. The maximum atomic E-state index is 12.0. The maximum Gasteiger partial charge on any atom is 0.573 e. The maximum absolute atomic E-state index is 12.0. The molecule has 4 nitrogen and oxygen atoms in total. The molecule has 0 atom stereocenters. The molecule has 0 amide bonds. The van der Waals surface area contributed by atoms with Crippen molar-refractivity contribution in [2.45, 2.75) is 12.9 Å². The predicted octanol–water partition coefficient (Wildman–Crippen LogP) is 2.46. The Hall–Kier alpha value is -2.09. The molecule has 0 aliphatic carbocycles. The van der Waals surface area contributed by atoms with E-state index in [4.69, 9.17) is 18.0 Å². The molecular formula is C12H10F3N3OS. The molecule has 1 aromatic carbocycles. The van der Waals surface area contributed by atoms with Crippen LogP contribution in [-0.2, 0) is 6.54 Å². The third-order valence-electron chi connectivity index (χ3n) is 2.45. The number of thiocarbonyl (C=S) groups is 1. The highest BCUT2D eigenvalue weighted by molar-refractivity contribution is 7.80. The molecule has 0 saturated heterocycles. The van der Waals surface area contributed by atoms with Gasteiger partial charge in [0.05, 0.1) is 0 Å². The molecule has 20 heavy (non-hydrogen) atoms. The van der Waals surface area contributed by atoms with E-state index in [1.165, 1.54) is 24.3 Å². The lowest BCUT2D eigenvalue weighted by Gasteiger charge is -2.10. The standard InChI is InChI=1S/C12H10F3N3OS/c13-12(14,15)19-9-3-1-8(2-4-9)7-18-6-5-17-11(18)10(16)20/h1-6H,7H2,(H2,16,20). The van der Waals surface area contributed by atoms with E-state index < -0.39 is 6.36 Å². The van der Waals surface area contributed by atoms with E-state index in [9.17, 15) is 13.2 Å². The first-order valence-electron chi connectivity index (χ1n) is 5.51. The van der Waals surface area contributed by atoms with Gasteiger partial charge in [-0.05, 0) is 17.7 Å². The number of aromatic nitrogens is 2. The summed E-state index contributed by atoms with van der Waals surface area (Å²) in [6.07, 6.45) is -1.45. The molecule has 0 unspecified atom stereocenters. The topological polar surface area (TPSA) is 53.1 Å². The van der Waals surface area contributed by atoms with Crippen LogP contribution in [0.3, 0.4) is 0 Å². The van der Waals surface area contributed by atoms with Crippen molar-refractivity contribution in [1.82, 2.24) is 9.55 Å². The second-order valence-electron chi connectivity index (χ2n) is 3.93. The number of hydrogen-bond donors (Lipinski definition) is 1. The Morgan fingerprint density at radius 1 is 1.30 bits per heavy atom. The van der Waals surface area contributed by atoms with Gasteiger partial charge in [0.1, 0.15) is 10.7 Å². The highest BCUT2D eigenvalue weighted by atomic mass is 32.1. The van der Waals surface area contributed by atoms with E-state index in [-0.39, 0.29) is 10.7 Å². The second kappa shape index (κ2) is 5.49. The van der Waals surface area contributed by atoms with Gasteiger partial charge in [-0.3, -0.25) is 0 Å². The molecule has 0 spiro atoms. The second-order valence-corrected chi connectivity index (χ2v) is 4.37. The molecule has 0 aliphatic heterocycles. The van der Waals surface area contributed by atoms with Gasteiger partial charge in [-0.1, -0.05) is 24.4 Å². The summed E-state index contributed by atoms with van der Waals surface area (Å²) in [5.74, 6) is 0.192. The Morgan fingerprint density at radius 2 is 1.95 bits per heavy atom. The van der Waals surface area contributed by atoms with Gasteiger partial charge in [0.25, 0.3) is 0 Å². The van der Waals surface area contributed by atoms with Gasteiger partial charge in [-0.15, -0.1) is 13.2 Å². The minimum absolute atomic E-state index is 0.159. The smallest absolute Gasteiger partial charge is 0.406 e. The molecule has 1 aromatic heterocycles. The summed E-state index contributed by atoms with van der Waals surface area (Å²) in [7, 11) is 0. The number of rotatable bonds is 4. The van der Waals surface area contributed by atoms with Gasteiger partial charge in [0.2, 0.25) is 0 Å². The molecule has 106 valence electrons. The zero-order valence-electron chi connectivity index (χ0n) is 10.1. The summed E-state index contributed by atoms with van der Waals surface area (Å²) in [6, 6.07) is 5.56. The number of hydrogen-bond acceptors (Lipinski definition) is 3. The molecule has 0 bridgehead atoms. The normalized spacial score (nSPS) is 11.3. The quantitative estimate of drug-likeness (QED) is 0.881. The fourth-order valence-electron chi connectivity index (χ4n) is 1.66. The van der Waals surface area contributed by atoms with Crippen molar-refractivity contribution in [3.8, 4) is 5.75 Å². The van der Waals surface area contributed by atoms with Crippen LogP contribution in [0.15, 0.2) is 36.7 Å². The lowest BCUT2D eigenvalue weighted by Crippen LogP contribution is -2.18. The van der Waals surface area contributed by atoms with Crippen molar-refractivity contribution < 1.29 is 17.9 Å². The van der Waals surface area contributed by atoms with Crippen LogP contribution in [0.4, 0.5) is 13.2 Å². The number of imidazole rings is 1. The van der Waals surface area contributed by atoms with E-state index >= 15 is 0 Å². The number of alkyl halides is 3. The number of nitrogens with two attached hydrogens (primary N) is 1. The lowest BCUT2D eigenvalue weighted by molar-refractivity contribution is -0.274. The van der Waals surface area contributed by atoms with Crippen LogP contribution in [0, 0.1) is 0 Å². The third-order valence-corrected chi connectivity index (χ3v) is 2.63. The van der Waals surface area contributed by atoms with Crippen molar-refractivity contribution in [3.05, 3.63) is 48.0 Å². The van der Waals surface area contributed by atoms with Crippen LogP contribution in [0.5, 0.6) is 5.75 Å². The lowest BCUT2D eigenvalue weighted by atomic mass is 10.2. The van der Waals surface area contributed by atoms with Crippen molar-refractivity contribution in [2.75, 3.05) is 0 Å². The predicted molar refractivity (Wildman–Crippen MR) is 70.3 cm³/mol. The van der Waals surface area contributed by atoms with Gasteiger partial charge in [-0.2, -0.15) is 0 Å². The highest BCUT2D eigenvalue weighted by Crippen LogP contribution is 2.23. The van der Waals surface area contributed by atoms with Crippen LogP contribution in [-0.4, -0.2) is 20.9 Å². The third kappa shape index (κ3) is 3.70. The number of benzene rings is 1. The molecular weight excluding hydrogens is 291 g/mol. The van der Waals surface area contributed by atoms with Gasteiger partial charge in [0, 0.05) is 18.9 Å². The fourth-order valence-corrected chi connectivity index (χ4v) is 1.83. The van der Waals surface area contributed by atoms with E-state index in [1.54, 1.807) is 17.0 Å². The summed E-state index contributed by atoms with van der Waals surface area (Å²) < 4.78 is 41.6. The first kappa shape index (κ1) is 14.3. The Balaban J connectivity index is 2.11. The molecule has 2 N–H and O–H groups in total. The van der Waals surface area contributed by atoms with Gasteiger partial charge < -0.3 is 15.0 Å². The van der Waals surface area contributed by atoms with Crippen LogP contribution >= 0.6 is 12.2 Å². The van der Waals surface area contributed by atoms with E-state index in [1.807, 2.05) is 0 Å². The monoisotopic (exact) mass is 301 g/mol. The van der Waals surface area contributed by atoms with Crippen LogP contribution in [0.2, 0.25) is 0 Å². The summed E-state index contributed by atoms with van der Waals surface area (Å²) in [4.78, 5) is 4.16. The number of ether oxygens (including phenoxy) is 1. The minimum Gasteiger partial charge on any atom is -0.406 e. The molecule has 0 saturated carbocycles. The highest BCUT2D eigenvalue weighted by Gasteiger charge is 2.30. The van der Waals surface area contributed by atoms with Crippen LogP contribution in [0.1, 0.15) is 11.4 Å². The molecule has 8 heteroatoms. The summed E-state index contributed by atoms with van der Waals surface area (Å²) in [5, 5.41) is 0. The van der Waals surface area contributed by atoms with Gasteiger partial charge >= 0.3 is 6.36 Å². The summed E-state index contributed by atoms with van der Waals surface area (Å²) in [6.45, 7) is 0.402. The van der Waals surface area contributed by atoms with E-state index in [0.717, 1.165) is 5.56 Å². The van der Waals surface area contributed by atoms with Gasteiger partial charge in [0.15, 0.2) is 5.82 Å². The largest absolute Gasteiger partial charge is 0.573 e. The SMILES string of the molecule is NC(=S)c1nccn1Cc1ccc(OC(F)(F)F)cc1. The Morgan fingerprint density at radius 3 is 2.50 bits per heavy atom. The van der Waals surface area contributed by atoms with Crippen molar-refractivity contribution in [2.24, 2.45) is 5.73 Å². The Labute approximate surface area is 118 Å². The first-order chi connectivity index (χ1) is 9.35.